The van der Waals surface area contributed by atoms with Gasteiger partial charge in [0.15, 0.2) is 34.9 Å². The lowest BCUT2D eigenvalue weighted by Gasteiger charge is -2.10. The number of rotatable bonds is 7. The molecular weight excluding hydrogens is 677 g/mol. The summed E-state index contributed by atoms with van der Waals surface area (Å²) in [5.41, 5.74) is 8.86. The zero-order valence-corrected chi connectivity index (χ0v) is 29.4. The third-order valence-corrected chi connectivity index (χ3v) is 9.59. The third-order valence-electron chi connectivity index (χ3n) is 9.59. The van der Waals surface area contributed by atoms with E-state index in [0.29, 0.717) is 34.9 Å². The Kier molecular flexibility index (Phi) is 8.00. The van der Waals surface area contributed by atoms with Gasteiger partial charge in [-0.05, 0) is 17.7 Å². The minimum Gasteiger partial charge on any atom is -0.455 e. The summed E-state index contributed by atoms with van der Waals surface area (Å²) in [6.07, 6.45) is 0. The van der Waals surface area contributed by atoms with Crippen LogP contribution in [0.5, 0.6) is 0 Å². The fourth-order valence-electron chi connectivity index (χ4n) is 6.95. The van der Waals surface area contributed by atoms with Gasteiger partial charge in [-0.15, -0.1) is 0 Å². The molecule has 10 rings (SSSR count). The average molecular weight is 707 g/mol. The molecule has 0 N–H and O–H groups in total. The molecule has 258 valence electrons. The average Bonchev–Trinajstić information content (AvgIpc) is 3.67. The predicted molar refractivity (Wildman–Crippen MR) is 219 cm³/mol. The van der Waals surface area contributed by atoms with Gasteiger partial charge in [0, 0.05) is 49.7 Å². The molecule has 7 aromatic carbocycles. The second-order valence-electron chi connectivity index (χ2n) is 13.1. The molecule has 3 aromatic heterocycles. The van der Waals surface area contributed by atoms with Gasteiger partial charge in [0.2, 0.25) is 0 Å². The summed E-state index contributed by atoms with van der Waals surface area (Å²) in [6, 6.07) is 60.6. The second kappa shape index (κ2) is 13.7. The van der Waals surface area contributed by atoms with Crippen molar-refractivity contribution in [3.05, 3.63) is 182 Å². The quantitative estimate of drug-likeness (QED) is 0.163. The SMILES string of the molecule is c1ccc(-c2nc(-c3ccccc3)nc(-c3cccc(-c4cccc5c4oc4cccc(-c6nc(-c7ccccc7)nc(-c7ccccc7)n6)c45)c3)n2)cc1. The van der Waals surface area contributed by atoms with E-state index in [2.05, 4.69) is 36.4 Å². The molecule has 55 heavy (non-hydrogen) atoms. The summed E-state index contributed by atoms with van der Waals surface area (Å²) in [4.78, 5) is 29.8. The van der Waals surface area contributed by atoms with Gasteiger partial charge < -0.3 is 4.42 Å². The Morgan fingerprint density at radius 3 is 1.18 bits per heavy atom. The van der Waals surface area contributed by atoms with E-state index < -0.39 is 0 Å². The zero-order valence-electron chi connectivity index (χ0n) is 29.4. The van der Waals surface area contributed by atoms with E-state index in [1.165, 1.54) is 0 Å². The maximum atomic E-state index is 6.72. The number of benzene rings is 7. The van der Waals surface area contributed by atoms with Crippen LogP contribution in [-0.2, 0) is 0 Å². The first-order chi connectivity index (χ1) is 27.2. The van der Waals surface area contributed by atoms with Crippen molar-refractivity contribution in [3.8, 4) is 79.5 Å². The molecule has 10 aromatic rings. The lowest BCUT2D eigenvalue weighted by molar-refractivity contribution is 0.670. The molecular formula is C48H30N6O. The van der Waals surface area contributed by atoms with Crippen LogP contribution in [0.1, 0.15) is 0 Å². The van der Waals surface area contributed by atoms with Crippen LogP contribution in [0.15, 0.2) is 186 Å². The highest BCUT2D eigenvalue weighted by Crippen LogP contribution is 2.41. The highest BCUT2D eigenvalue weighted by molar-refractivity contribution is 6.15. The van der Waals surface area contributed by atoms with Gasteiger partial charge in [0.25, 0.3) is 0 Å². The highest BCUT2D eigenvalue weighted by Gasteiger charge is 2.20. The van der Waals surface area contributed by atoms with Crippen molar-refractivity contribution in [2.45, 2.75) is 0 Å². The largest absolute Gasteiger partial charge is 0.455 e. The summed E-state index contributed by atoms with van der Waals surface area (Å²) >= 11 is 0. The molecule has 3 heterocycles. The molecule has 0 unspecified atom stereocenters. The topological polar surface area (TPSA) is 90.5 Å². The van der Waals surface area contributed by atoms with Gasteiger partial charge in [-0.1, -0.05) is 170 Å². The molecule has 0 aliphatic carbocycles. The van der Waals surface area contributed by atoms with Gasteiger partial charge in [-0.2, -0.15) is 0 Å². The maximum Gasteiger partial charge on any atom is 0.164 e. The van der Waals surface area contributed by atoms with Gasteiger partial charge in [-0.25, -0.2) is 29.9 Å². The van der Waals surface area contributed by atoms with Crippen LogP contribution in [0.2, 0.25) is 0 Å². The monoisotopic (exact) mass is 706 g/mol. The Bertz CT molecular complexity index is 2850. The predicted octanol–water partition coefficient (Wildman–Crippen LogP) is 11.6. The van der Waals surface area contributed by atoms with Crippen molar-refractivity contribution < 1.29 is 4.42 Å². The molecule has 0 spiro atoms. The normalized spacial score (nSPS) is 11.3. The molecule has 0 aliphatic rings. The van der Waals surface area contributed by atoms with Crippen LogP contribution in [0.4, 0.5) is 0 Å². The summed E-state index contributed by atoms with van der Waals surface area (Å²) in [7, 11) is 0. The molecule has 0 saturated carbocycles. The minimum absolute atomic E-state index is 0.576. The number of fused-ring (bicyclic) bond motifs is 3. The smallest absolute Gasteiger partial charge is 0.164 e. The molecule has 7 heteroatoms. The molecule has 0 fully saturated rings. The number of hydrogen-bond donors (Lipinski definition) is 0. The first kappa shape index (κ1) is 32.0. The van der Waals surface area contributed by atoms with Crippen molar-refractivity contribution in [1.82, 2.24) is 29.9 Å². The fourth-order valence-corrected chi connectivity index (χ4v) is 6.95. The molecule has 0 amide bonds. The van der Waals surface area contributed by atoms with Gasteiger partial charge >= 0.3 is 0 Å². The van der Waals surface area contributed by atoms with E-state index >= 15 is 0 Å². The number of hydrogen-bond acceptors (Lipinski definition) is 7. The van der Waals surface area contributed by atoms with E-state index in [1.807, 2.05) is 146 Å². The minimum atomic E-state index is 0.576. The lowest BCUT2D eigenvalue weighted by atomic mass is 9.99. The van der Waals surface area contributed by atoms with Crippen molar-refractivity contribution in [2.24, 2.45) is 0 Å². The Morgan fingerprint density at radius 2 is 0.673 bits per heavy atom. The summed E-state index contributed by atoms with van der Waals surface area (Å²) in [5.74, 6) is 3.61. The van der Waals surface area contributed by atoms with Crippen molar-refractivity contribution in [2.75, 3.05) is 0 Å². The van der Waals surface area contributed by atoms with Crippen LogP contribution in [0.25, 0.3) is 101 Å². The summed E-state index contributed by atoms with van der Waals surface area (Å²) in [6.45, 7) is 0. The maximum absolute atomic E-state index is 6.72. The summed E-state index contributed by atoms with van der Waals surface area (Å²) in [5, 5.41) is 1.91. The number of para-hydroxylation sites is 1. The lowest BCUT2D eigenvalue weighted by Crippen LogP contribution is -2.00. The Labute approximate surface area is 316 Å². The van der Waals surface area contributed by atoms with Crippen molar-refractivity contribution in [3.63, 3.8) is 0 Å². The highest BCUT2D eigenvalue weighted by atomic mass is 16.3. The Balaban J connectivity index is 1.12. The standard InChI is InChI=1S/C48H30N6O/c1-5-16-31(17-6-1)43-49-44(32-18-7-2-8-19-32)52-47(51-43)36-25-13-24-35(30-36)37-26-14-27-38-41-39(28-15-29-40(41)55-42(37)38)48-53-45(33-20-9-3-10-21-33)50-46(54-48)34-22-11-4-12-23-34/h1-30H. The number of aromatic nitrogens is 6. The molecule has 0 aliphatic heterocycles. The van der Waals surface area contributed by atoms with E-state index in [0.717, 1.165) is 66.4 Å². The van der Waals surface area contributed by atoms with E-state index in [9.17, 15) is 0 Å². The fraction of sp³-hybridized carbons (Fsp3) is 0. The molecule has 0 atom stereocenters. The molecule has 0 bridgehead atoms. The van der Waals surface area contributed by atoms with Crippen LogP contribution in [0, 0.1) is 0 Å². The van der Waals surface area contributed by atoms with Gasteiger partial charge in [0.05, 0.1) is 0 Å². The first-order valence-electron chi connectivity index (χ1n) is 18.0. The molecule has 0 saturated heterocycles. The number of nitrogens with zero attached hydrogens (tertiary/aromatic N) is 6. The summed E-state index contributed by atoms with van der Waals surface area (Å²) < 4.78 is 6.72. The van der Waals surface area contributed by atoms with Crippen LogP contribution in [-0.4, -0.2) is 29.9 Å². The van der Waals surface area contributed by atoms with Crippen LogP contribution in [0.3, 0.4) is 0 Å². The van der Waals surface area contributed by atoms with Gasteiger partial charge in [0.1, 0.15) is 11.2 Å². The van der Waals surface area contributed by atoms with Crippen molar-refractivity contribution >= 4 is 21.9 Å². The number of furan rings is 1. The van der Waals surface area contributed by atoms with E-state index in [1.54, 1.807) is 0 Å². The van der Waals surface area contributed by atoms with Crippen LogP contribution < -0.4 is 0 Å². The van der Waals surface area contributed by atoms with E-state index in [4.69, 9.17) is 34.3 Å². The Morgan fingerprint density at radius 1 is 0.291 bits per heavy atom. The first-order valence-corrected chi connectivity index (χ1v) is 18.0. The van der Waals surface area contributed by atoms with Gasteiger partial charge in [-0.3, -0.25) is 0 Å². The molecule has 0 radical (unpaired) electrons. The van der Waals surface area contributed by atoms with Crippen molar-refractivity contribution in [1.29, 1.82) is 0 Å². The zero-order chi connectivity index (χ0) is 36.6. The Hall–Kier alpha value is -7.64. The second-order valence-corrected chi connectivity index (χ2v) is 13.1. The third kappa shape index (κ3) is 6.09. The molecule has 7 nitrogen and oxygen atoms in total. The van der Waals surface area contributed by atoms with Crippen LogP contribution >= 0.6 is 0 Å². The van der Waals surface area contributed by atoms with E-state index in [-0.39, 0.29) is 0 Å².